The van der Waals surface area contributed by atoms with Crippen LogP contribution in [0, 0.1) is 0 Å². The van der Waals surface area contributed by atoms with Crippen molar-refractivity contribution in [1.82, 2.24) is 20.2 Å². The molecule has 0 spiro atoms. The minimum atomic E-state index is -0.177. The third-order valence-electron chi connectivity index (χ3n) is 2.00. The molecule has 1 unspecified atom stereocenters. The zero-order valence-electron chi connectivity index (χ0n) is 7.89. The van der Waals surface area contributed by atoms with Gasteiger partial charge in [0, 0.05) is 16.9 Å². The SMILES string of the molecule is NC(Cc1cncc(Br)c1)c1ncn[nH]1. The first-order chi connectivity index (χ1) is 7.25. The third kappa shape index (κ3) is 2.60. The number of aromatic amines is 1. The summed E-state index contributed by atoms with van der Waals surface area (Å²) in [5.74, 6) is 0.690. The van der Waals surface area contributed by atoms with Crippen LogP contribution in [0.3, 0.4) is 0 Å². The van der Waals surface area contributed by atoms with E-state index in [9.17, 15) is 0 Å². The van der Waals surface area contributed by atoms with Crippen LogP contribution in [0.1, 0.15) is 17.4 Å². The maximum Gasteiger partial charge on any atom is 0.141 e. The van der Waals surface area contributed by atoms with Crippen molar-refractivity contribution in [3.05, 3.63) is 40.6 Å². The molecule has 2 rings (SSSR count). The topological polar surface area (TPSA) is 80.5 Å². The Bertz CT molecular complexity index is 428. The Morgan fingerprint density at radius 2 is 2.33 bits per heavy atom. The Kier molecular flexibility index (Phi) is 3.08. The van der Waals surface area contributed by atoms with Gasteiger partial charge in [-0.2, -0.15) is 5.10 Å². The Hall–Kier alpha value is -1.27. The minimum absolute atomic E-state index is 0.177. The molecule has 0 amide bonds. The van der Waals surface area contributed by atoms with Crippen LogP contribution < -0.4 is 5.73 Å². The van der Waals surface area contributed by atoms with Crippen LogP contribution in [-0.4, -0.2) is 20.2 Å². The predicted molar refractivity (Wildman–Crippen MR) is 59.0 cm³/mol. The molecule has 2 aromatic heterocycles. The molecule has 5 nitrogen and oxygen atoms in total. The number of H-pyrrole nitrogens is 1. The summed E-state index contributed by atoms with van der Waals surface area (Å²) >= 11 is 3.36. The molecule has 0 radical (unpaired) electrons. The largest absolute Gasteiger partial charge is 0.321 e. The van der Waals surface area contributed by atoms with Gasteiger partial charge in [-0.1, -0.05) is 0 Å². The molecule has 2 aromatic rings. The Morgan fingerprint density at radius 1 is 1.47 bits per heavy atom. The van der Waals surface area contributed by atoms with Gasteiger partial charge in [-0.3, -0.25) is 10.1 Å². The number of nitrogens with zero attached hydrogens (tertiary/aromatic N) is 3. The highest BCUT2D eigenvalue weighted by atomic mass is 79.9. The van der Waals surface area contributed by atoms with Crippen LogP contribution >= 0.6 is 15.9 Å². The van der Waals surface area contributed by atoms with Crippen LogP contribution in [0.2, 0.25) is 0 Å². The molecule has 0 aliphatic rings. The van der Waals surface area contributed by atoms with Gasteiger partial charge in [0.2, 0.25) is 0 Å². The lowest BCUT2D eigenvalue weighted by Crippen LogP contribution is -2.15. The van der Waals surface area contributed by atoms with Crippen molar-refractivity contribution >= 4 is 15.9 Å². The van der Waals surface area contributed by atoms with Crippen LogP contribution in [-0.2, 0) is 6.42 Å². The van der Waals surface area contributed by atoms with Crippen LogP contribution in [0.25, 0.3) is 0 Å². The van der Waals surface area contributed by atoms with Gasteiger partial charge < -0.3 is 5.73 Å². The number of aromatic nitrogens is 4. The van der Waals surface area contributed by atoms with E-state index in [2.05, 4.69) is 36.1 Å². The molecule has 0 aliphatic heterocycles. The van der Waals surface area contributed by atoms with Gasteiger partial charge >= 0.3 is 0 Å². The number of nitrogens with two attached hydrogens (primary N) is 1. The van der Waals surface area contributed by atoms with Gasteiger partial charge in [0.05, 0.1) is 6.04 Å². The van der Waals surface area contributed by atoms with E-state index >= 15 is 0 Å². The lowest BCUT2D eigenvalue weighted by atomic mass is 10.1. The molecule has 0 fully saturated rings. The lowest BCUT2D eigenvalue weighted by Gasteiger charge is -2.07. The van der Waals surface area contributed by atoms with E-state index in [0.717, 1.165) is 10.0 Å². The summed E-state index contributed by atoms with van der Waals surface area (Å²) in [7, 11) is 0. The summed E-state index contributed by atoms with van der Waals surface area (Å²) in [5, 5.41) is 6.51. The lowest BCUT2D eigenvalue weighted by molar-refractivity contribution is 0.669. The molecule has 0 bridgehead atoms. The first-order valence-corrected chi connectivity index (χ1v) is 5.25. The normalized spacial score (nSPS) is 12.7. The van der Waals surface area contributed by atoms with E-state index < -0.39 is 0 Å². The molecule has 78 valence electrons. The second-order valence-electron chi connectivity index (χ2n) is 3.19. The van der Waals surface area contributed by atoms with Crippen molar-refractivity contribution in [3.63, 3.8) is 0 Å². The predicted octanol–water partition coefficient (Wildman–Crippen LogP) is 1.20. The summed E-state index contributed by atoms with van der Waals surface area (Å²) in [6.07, 6.45) is 5.67. The van der Waals surface area contributed by atoms with Crippen LogP contribution in [0.5, 0.6) is 0 Å². The Morgan fingerprint density at radius 3 is 3.00 bits per heavy atom. The molecule has 3 N–H and O–H groups in total. The van der Waals surface area contributed by atoms with Gasteiger partial charge in [-0.25, -0.2) is 4.98 Å². The van der Waals surface area contributed by atoms with E-state index in [0.29, 0.717) is 12.2 Å². The van der Waals surface area contributed by atoms with Crippen molar-refractivity contribution in [1.29, 1.82) is 0 Å². The van der Waals surface area contributed by atoms with Gasteiger partial charge in [0.15, 0.2) is 0 Å². The Balaban J connectivity index is 2.09. The Labute approximate surface area is 95.3 Å². The van der Waals surface area contributed by atoms with E-state index in [4.69, 9.17) is 5.73 Å². The maximum atomic E-state index is 5.94. The first kappa shape index (κ1) is 10.3. The van der Waals surface area contributed by atoms with Gasteiger partial charge in [-0.15, -0.1) is 0 Å². The maximum absolute atomic E-state index is 5.94. The fourth-order valence-corrected chi connectivity index (χ4v) is 1.72. The smallest absolute Gasteiger partial charge is 0.141 e. The van der Waals surface area contributed by atoms with E-state index in [1.807, 2.05) is 6.07 Å². The summed E-state index contributed by atoms with van der Waals surface area (Å²) in [4.78, 5) is 8.08. The molecule has 0 saturated carbocycles. The molecule has 0 saturated heterocycles. The monoisotopic (exact) mass is 267 g/mol. The fraction of sp³-hybridized carbons (Fsp3) is 0.222. The zero-order chi connectivity index (χ0) is 10.7. The highest BCUT2D eigenvalue weighted by Gasteiger charge is 2.09. The standard InChI is InChI=1S/C9H10BrN5/c10-7-1-6(3-12-4-7)2-8(11)9-13-5-14-15-9/h1,3-5,8H,2,11H2,(H,13,14,15). The van der Waals surface area contributed by atoms with E-state index in [1.54, 1.807) is 12.4 Å². The zero-order valence-corrected chi connectivity index (χ0v) is 9.48. The highest BCUT2D eigenvalue weighted by Crippen LogP contribution is 2.14. The summed E-state index contributed by atoms with van der Waals surface area (Å²) in [5.41, 5.74) is 7.01. The summed E-state index contributed by atoms with van der Waals surface area (Å²) in [6, 6.07) is 1.81. The number of hydrogen-bond acceptors (Lipinski definition) is 4. The number of nitrogens with one attached hydrogen (secondary N) is 1. The molecule has 0 aliphatic carbocycles. The third-order valence-corrected chi connectivity index (χ3v) is 2.44. The number of rotatable bonds is 3. The second-order valence-corrected chi connectivity index (χ2v) is 4.11. The van der Waals surface area contributed by atoms with Gasteiger partial charge in [0.1, 0.15) is 12.2 Å². The average molecular weight is 268 g/mol. The quantitative estimate of drug-likeness (QED) is 0.876. The van der Waals surface area contributed by atoms with Crippen molar-refractivity contribution in [3.8, 4) is 0 Å². The van der Waals surface area contributed by atoms with Crippen molar-refractivity contribution in [2.75, 3.05) is 0 Å². The average Bonchev–Trinajstić information content (AvgIpc) is 2.70. The molecular formula is C9H10BrN5. The van der Waals surface area contributed by atoms with Gasteiger partial charge in [0.25, 0.3) is 0 Å². The molecule has 15 heavy (non-hydrogen) atoms. The number of halogens is 1. The van der Waals surface area contributed by atoms with Crippen LogP contribution in [0.4, 0.5) is 0 Å². The van der Waals surface area contributed by atoms with E-state index in [-0.39, 0.29) is 6.04 Å². The molecule has 1 atom stereocenters. The van der Waals surface area contributed by atoms with E-state index in [1.165, 1.54) is 6.33 Å². The fourth-order valence-electron chi connectivity index (χ4n) is 1.31. The van der Waals surface area contributed by atoms with Crippen molar-refractivity contribution < 1.29 is 0 Å². The number of pyridine rings is 1. The molecule has 2 heterocycles. The number of hydrogen-bond donors (Lipinski definition) is 2. The summed E-state index contributed by atoms with van der Waals surface area (Å²) < 4.78 is 0.949. The second kappa shape index (κ2) is 4.50. The molecule has 0 aromatic carbocycles. The molecular weight excluding hydrogens is 258 g/mol. The van der Waals surface area contributed by atoms with Crippen LogP contribution in [0.15, 0.2) is 29.3 Å². The van der Waals surface area contributed by atoms with Crippen molar-refractivity contribution in [2.45, 2.75) is 12.5 Å². The molecule has 6 heteroatoms. The highest BCUT2D eigenvalue weighted by molar-refractivity contribution is 9.10. The summed E-state index contributed by atoms with van der Waals surface area (Å²) in [6.45, 7) is 0. The van der Waals surface area contributed by atoms with Gasteiger partial charge in [-0.05, 0) is 34.0 Å². The minimum Gasteiger partial charge on any atom is -0.321 e. The van der Waals surface area contributed by atoms with Crippen molar-refractivity contribution in [2.24, 2.45) is 5.73 Å². The first-order valence-electron chi connectivity index (χ1n) is 4.46.